The zero-order valence-corrected chi connectivity index (χ0v) is 23.3. The number of amides is 5. The molecule has 2 aromatic rings. The Bertz CT molecular complexity index is 1510. The summed E-state index contributed by atoms with van der Waals surface area (Å²) < 4.78 is 5.40. The highest BCUT2D eigenvalue weighted by Gasteiger charge is 2.41. The second kappa shape index (κ2) is 12.3. The van der Waals surface area contributed by atoms with Crippen LogP contribution >= 0.6 is 23.2 Å². The van der Waals surface area contributed by atoms with Crippen molar-refractivity contribution in [2.75, 3.05) is 19.6 Å². The first-order valence-electron chi connectivity index (χ1n) is 12.5. The summed E-state index contributed by atoms with van der Waals surface area (Å²) in [6, 6.07) is 3.70. The van der Waals surface area contributed by atoms with Crippen LogP contribution in [-0.2, 0) is 20.8 Å². The molecule has 5 amide bonds. The van der Waals surface area contributed by atoms with E-state index in [2.05, 4.69) is 10.6 Å². The number of hydrogen-bond donors (Lipinski definition) is 5. The molecule has 0 saturated carbocycles. The van der Waals surface area contributed by atoms with Crippen LogP contribution in [0.4, 0.5) is 4.79 Å². The van der Waals surface area contributed by atoms with E-state index in [0.29, 0.717) is 10.5 Å². The number of aromatic carboxylic acids is 2. The second-order valence-corrected chi connectivity index (χ2v) is 10.0. The summed E-state index contributed by atoms with van der Waals surface area (Å²) in [5, 5.41) is 33.4. The average Bonchev–Trinajstić information content (AvgIpc) is 2.94. The van der Waals surface area contributed by atoms with Gasteiger partial charge in [0, 0.05) is 25.2 Å². The molecule has 220 valence electrons. The second-order valence-electron chi connectivity index (χ2n) is 9.29. The van der Waals surface area contributed by atoms with E-state index < -0.39 is 59.8 Å². The first-order valence-corrected chi connectivity index (χ1v) is 13.2. The Hall–Kier alpha value is -4.34. The average molecular weight is 621 g/mol. The zero-order valence-electron chi connectivity index (χ0n) is 21.8. The molecule has 1 saturated heterocycles. The number of carbonyl (C=O) groups excluding carboxylic acids is 4. The highest BCUT2D eigenvalue weighted by atomic mass is 35.5. The van der Waals surface area contributed by atoms with Gasteiger partial charge < -0.3 is 35.4 Å². The maximum absolute atomic E-state index is 13.6. The van der Waals surface area contributed by atoms with Crippen molar-refractivity contribution >= 4 is 66.0 Å². The fourth-order valence-corrected chi connectivity index (χ4v) is 5.12. The lowest BCUT2D eigenvalue weighted by Gasteiger charge is -2.33. The van der Waals surface area contributed by atoms with E-state index in [1.165, 1.54) is 17.0 Å². The minimum absolute atomic E-state index is 0.0641. The normalized spacial score (nSPS) is 17.2. The number of hydrogen-bond acceptors (Lipinski definition) is 8. The molecule has 0 spiro atoms. The van der Waals surface area contributed by atoms with Crippen molar-refractivity contribution < 1.29 is 48.7 Å². The summed E-state index contributed by atoms with van der Waals surface area (Å²) in [6.45, 7) is 1.81. The van der Waals surface area contributed by atoms with Gasteiger partial charge in [0.2, 0.25) is 5.91 Å². The SMILES string of the molecule is CCN1CCN(C(=O)NC(C(=O)N[C@H]2Cc3cccc(C(=O)O)c3OB2O)c2ccc(C(=O)O)c(Cl)c2Cl)C(=O)C1=O. The van der Waals surface area contributed by atoms with E-state index in [1.54, 1.807) is 13.0 Å². The van der Waals surface area contributed by atoms with Crippen molar-refractivity contribution in [2.45, 2.75) is 25.3 Å². The molecule has 0 aromatic heterocycles. The number of nitrogens with zero attached hydrogens (tertiary/aromatic N) is 2. The van der Waals surface area contributed by atoms with Crippen molar-refractivity contribution in [1.29, 1.82) is 0 Å². The Balaban J connectivity index is 1.64. The molecule has 4 rings (SSSR count). The quantitative estimate of drug-likeness (QED) is 0.219. The van der Waals surface area contributed by atoms with Gasteiger partial charge in [-0.05, 0) is 31.0 Å². The lowest BCUT2D eigenvalue weighted by molar-refractivity contribution is -0.153. The Morgan fingerprint density at radius 2 is 1.71 bits per heavy atom. The molecule has 2 heterocycles. The van der Waals surface area contributed by atoms with Crippen LogP contribution in [0.15, 0.2) is 30.3 Å². The number of rotatable bonds is 7. The predicted octanol–water partition coefficient (Wildman–Crippen LogP) is 0.971. The van der Waals surface area contributed by atoms with E-state index in [9.17, 15) is 44.0 Å². The number of carbonyl (C=O) groups is 6. The molecule has 1 unspecified atom stereocenters. The molecule has 0 radical (unpaired) electrons. The third kappa shape index (κ3) is 5.84. The molecule has 42 heavy (non-hydrogen) atoms. The Kier molecular flexibility index (Phi) is 8.94. The Morgan fingerprint density at radius 3 is 2.36 bits per heavy atom. The molecule has 2 atom stereocenters. The summed E-state index contributed by atoms with van der Waals surface area (Å²) in [7, 11) is -1.70. The van der Waals surface area contributed by atoms with Gasteiger partial charge in [-0.15, -0.1) is 0 Å². The van der Waals surface area contributed by atoms with E-state index >= 15 is 0 Å². The van der Waals surface area contributed by atoms with Crippen LogP contribution < -0.4 is 15.3 Å². The van der Waals surface area contributed by atoms with Gasteiger partial charge in [0.25, 0.3) is 0 Å². The third-order valence-corrected chi connectivity index (χ3v) is 7.69. The van der Waals surface area contributed by atoms with Gasteiger partial charge in [-0.1, -0.05) is 41.4 Å². The molecule has 2 aliphatic heterocycles. The summed E-state index contributed by atoms with van der Waals surface area (Å²) in [6.07, 6.45) is -0.0670. The first kappa shape index (κ1) is 30.6. The van der Waals surface area contributed by atoms with Crippen molar-refractivity contribution in [3.63, 3.8) is 0 Å². The number of urea groups is 1. The minimum atomic E-state index is -1.70. The fraction of sp³-hybridized carbons (Fsp3) is 0.280. The van der Waals surface area contributed by atoms with Crippen LogP contribution in [0.25, 0.3) is 0 Å². The number of halogens is 2. The number of imide groups is 1. The number of nitrogens with one attached hydrogen (secondary N) is 2. The maximum Gasteiger partial charge on any atom is 0.547 e. The van der Waals surface area contributed by atoms with E-state index in [-0.39, 0.29) is 53.5 Å². The van der Waals surface area contributed by atoms with Gasteiger partial charge in [0.05, 0.1) is 27.1 Å². The van der Waals surface area contributed by atoms with Crippen molar-refractivity contribution in [1.82, 2.24) is 20.4 Å². The van der Waals surface area contributed by atoms with Crippen molar-refractivity contribution in [3.8, 4) is 5.75 Å². The molecule has 1 fully saturated rings. The third-order valence-electron chi connectivity index (χ3n) is 6.80. The van der Waals surface area contributed by atoms with Crippen LogP contribution in [-0.4, -0.2) is 93.4 Å². The number of para-hydroxylation sites is 1. The van der Waals surface area contributed by atoms with Crippen LogP contribution in [0.1, 0.15) is 44.8 Å². The molecule has 2 aromatic carbocycles. The Morgan fingerprint density at radius 1 is 1.02 bits per heavy atom. The first-order chi connectivity index (χ1) is 19.8. The van der Waals surface area contributed by atoms with Crippen LogP contribution in [0, 0.1) is 0 Å². The molecule has 14 nitrogen and oxygen atoms in total. The molecule has 2 aliphatic rings. The van der Waals surface area contributed by atoms with Gasteiger partial charge in [0.15, 0.2) is 0 Å². The Labute approximate surface area is 248 Å². The van der Waals surface area contributed by atoms with Gasteiger partial charge >= 0.3 is 36.9 Å². The van der Waals surface area contributed by atoms with Crippen LogP contribution in [0.5, 0.6) is 5.75 Å². The molecular formula is C25H23BCl2N4O10. The van der Waals surface area contributed by atoms with Gasteiger partial charge in [-0.3, -0.25) is 19.3 Å². The smallest absolute Gasteiger partial charge is 0.534 e. The van der Waals surface area contributed by atoms with Crippen LogP contribution in [0.2, 0.25) is 10.0 Å². The lowest BCUT2D eigenvalue weighted by atomic mass is 9.72. The predicted molar refractivity (Wildman–Crippen MR) is 146 cm³/mol. The largest absolute Gasteiger partial charge is 0.547 e. The highest BCUT2D eigenvalue weighted by Crippen LogP contribution is 2.34. The molecule has 5 N–H and O–H groups in total. The number of carboxylic acids is 2. The van der Waals surface area contributed by atoms with Crippen LogP contribution in [0.3, 0.4) is 0 Å². The van der Waals surface area contributed by atoms with Gasteiger partial charge in [-0.25, -0.2) is 14.4 Å². The van der Waals surface area contributed by atoms with E-state index in [4.69, 9.17) is 27.9 Å². The summed E-state index contributed by atoms with van der Waals surface area (Å²) in [5.74, 6) is -6.90. The minimum Gasteiger partial charge on any atom is -0.534 e. The number of fused-ring (bicyclic) bond motifs is 1. The van der Waals surface area contributed by atoms with Crippen molar-refractivity contribution in [3.05, 3.63) is 62.6 Å². The van der Waals surface area contributed by atoms with Gasteiger partial charge in [-0.2, -0.15) is 0 Å². The lowest BCUT2D eigenvalue weighted by Crippen LogP contribution is -2.60. The van der Waals surface area contributed by atoms with E-state index in [1.807, 2.05) is 0 Å². The maximum atomic E-state index is 13.6. The fourth-order valence-electron chi connectivity index (χ4n) is 4.59. The van der Waals surface area contributed by atoms with Gasteiger partial charge in [0.1, 0.15) is 11.8 Å². The van der Waals surface area contributed by atoms with E-state index in [0.717, 1.165) is 12.1 Å². The number of likely N-dealkylation sites (N-methyl/N-ethyl adjacent to an activating group) is 1. The summed E-state index contributed by atoms with van der Waals surface area (Å²) >= 11 is 12.5. The topological polar surface area (TPSA) is 203 Å². The summed E-state index contributed by atoms with van der Waals surface area (Å²) in [5.41, 5.74) is -0.350. The number of piperazine rings is 1. The standard InChI is InChI=1S/C25H23BCl2N4O10/c1-2-31-8-9-32(22(35)21(31)34)25(40)30-18(12-6-7-13(23(36)37)17(28)16(12)27)20(33)29-15-10-11-4-3-5-14(24(38)39)19(11)42-26(15)41/h3-7,15,18,41H,2,8-10H2,1H3,(H,29,33)(H,30,40)(H,36,37)(H,38,39)/t15-,18?/m0/s1. The number of carboxylic acid groups (broad SMARTS) is 2. The number of benzene rings is 2. The molecular weight excluding hydrogens is 598 g/mol. The molecule has 17 heteroatoms. The monoisotopic (exact) mass is 620 g/mol. The molecule has 0 aliphatic carbocycles. The highest BCUT2D eigenvalue weighted by molar-refractivity contribution is 6.47. The van der Waals surface area contributed by atoms with Crippen molar-refractivity contribution in [2.24, 2.45) is 0 Å². The zero-order chi connectivity index (χ0) is 30.9. The molecule has 0 bridgehead atoms. The summed E-state index contributed by atoms with van der Waals surface area (Å²) in [4.78, 5) is 76.6.